The van der Waals surface area contributed by atoms with E-state index in [1.807, 2.05) is 7.05 Å². The van der Waals surface area contributed by atoms with Gasteiger partial charge in [-0.05, 0) is 44.5 Å². The minimum absolute atomic E-state index is 0. The molecule has 2 N–H and O–H groups in total. The van der Waals surface area contributed by atoms with Gasteiger partial charge in [0.25, 0.3) is 0 Å². The van der Waals surface area contributed by atoms with Crippen LogP contribution in [0, 0.1) is 0 Å². The molecule has 0 aromatic heterocycles. The summed E-state index contributed by atoms with van der Waals surface area (Å²) in [6.07, 6.45) is 8.02. The molecule has 5 nitrogen and oxygen atoms in total. The first-order valence-corrected chi connectivity index (χ1v) is 9.96. The second-order valence-corrected chi connectivity index (χ2v) is 7.39. The van der Waals surface area contributed by atoms with Gasteiger partial charge in [0, 0.05) is 33.3 Å². The molecule has 1 saturated carbocycles. The number of halogens is 1. The van der Waals surface area contributed by atoms with Gasteiger partial charge in [-0.3, -0.25) is 4.99 Å². The zero-order valence-corrected chi connectivity index (χ0v) is 19.5. The number of rotatable bonds is 9. The highest BCUT2D eigenvalue weighted by Crippen LogP contribution is 2.20. The van der Waals surface area contributed by atoms with Gasteiger partial charge in [0.15, 0.2) is 5.96 Å². The standard InChI is InChI=1S/C21H36N4O.HI/c1-22-21(23-13-8-14-26-20-11-5-4-6-12-20)24-16-18-9-7-10-19(15-18)17-25(2)3;/h7,9-10,15,20H,4-6,8,11-14,16-17H2,1-3H3,(H2,22,23,24);1H. The van der Waals surface area contributed by atoms with E-state index in [-0.39, 0.29) is 24.0 Å². The number of nitrogens with zero attached hydrogens (tertiary/aromatic N) is 2. The molecule has 0 atom stereocenters. The predicted octanol–water partition coefficient (Wildman–Crippen LogP) is 3.77. The fourth-order valence-corrected chi connectivity index (χ4v) is 3.37. The molecule has 154 valence electrons. The van der Waals surface area contributed by atoms with Crippen LogP contribution < -0.4 is 10.6 Å². The monoisotopic (exact) mass is 488 g/mol. The molecule has 0 spiro atoms. The topological polar surface area (TPSA) is 48.9 Å². The fraction of sp³-hybridized carbons (Fsp3) is 0.667. The Labute approximate surface area is 182 Å². The van der Waals surface area contributed by atoms with Crippen molar-refractivity contribution in [3.05, 3.63) is 35.4 Å². The molecule has 0 aliphatic heterocycles. The lowest BCUT2D eigenvalue weighted by Crippen LogP contribution is -2.37. The summed E-state index contributed by atoms with van der Waals surface area (Å²) in [6, 6.07) is 8.69. The Morgan fingerprint density at radius 3 is 2.59 bits per heavy atom. The van der Waals surface area contributed by atoms with Crippen molar-refractivity contribution in [2.45, 2.75) is 57.7 Å². The van der Waals surface area contributed by atoms with Gasteiger partial charge in [0.1, 0.15) is 0 Å². The van der Waals surface area contributed by atoms with Crippen LogP contribution in [0.5, 0.6) is 0 Å². The lowest BCUT2D eigenvalue weighted by molar-refractivity contribution is 0.0277. The van der Waals surface area contributed by atoms with Crippen LogP contribution >= 0.6 is 24.0 Å². The van der Waals surface area contributed by atoms with Gasteiger partial charge >= 0.3 is 0 Å². The molecule has 0 bridgehead atoms. The predicted molar refractivity (Wildman–Crippen MR) is 125 cm³/mol. The highest BCUT2D eigenvalue weighted by Gasteiger charge is 2.12. The minimum atomic E-state index is 0. The van der Waals surface area contributed by atoms with Gasteiger partial charge in [-0.1, -0.05) is 43.5 Å². The maximum absolute atomic E-state index is 5.97. The third kappa shape index (κ3) is 10.3. The Balaban J connectivity index is 0.00000364. The van der Waals surface area contributed by atoms with E-state index in [0.717, 1.165) is 38.6 Å². The lowest BCUT2D eigenvalue weighted by Gasteiger charge is -2.22. The Bertz CT molecular complexity index is 545. The maximum atomic E-state index is 5.97. The molecule has 6 heteroatoms. The van der Waals surface area contributed by atoms with E-state index in [4.69, 9.17) is 4.74 Å². The van der Waals surface area contributed by atoms with Crippen LogP contribution in [0.15, 0.2) is 29.3 Å². The first-order valence-electron chi connectivity index (χ1n) is 9.96. The summed E-state index contributed by atoms with van der Waals surface area (Å²) in [7, 11) is 6.00. The van der Waals surface area contributed by atoms with Crippen molar-refractivity contribution >= 4 is 29.9 Å². The first kappa shape index (κ1) is 24.2. The summed E-state index contributed by atoms with van der Waals surface area (Å²) in [4.78, 5) is 6.49. The molecular formula is C21H37IN4O. The van der Waals surface area contributed by atoms with Crippen molar-refractivity contribution in [3.8, 4) is 0 Å². The highest BCUT2D eigenvalue weighted by atomic mass is 127. The van der Waals surface area contributed by atoms with Crippen molar-refractivity contribution in [1.29, 1.82) is 0 Å². The van der Waals surface area contributed by atoms with Crippen molar-refractivity contribution < 1.29 is 4.74 Å². The Morgan fingerprint density at radius 1 is 1.15 bits per heavy atom. The summed E-state index contributed by atoms with van der Waals surface area (Å²) < 4.78 is 5.97. The molecule has 0 saturated heterocycles. The van der Waals surface area contributed by atoms with Crippen molar-refractivity contribution in [1.82, 2.24) is 15.5 Å². The Morgan fingerprint density at radius 2 is 1.89 bits per heavy atom. The number of benzene rings is 1. The third-order valence-electron chi connectivity index (χ3n) is 4.69. The number of hydrogen-bond donors (Lipinski definition) is 2. The van der Waals surface area contributed by atoms with Crippen LogP contribution in [-0.2, 0) is 17.8 Å². The van der Waals surface area contributed by atoms with E-state index in [0.29, 0.717) is 6.10 Å². The molecule has 0 heterocycles. The van der Waals surface area contributed by atoms with E-state index in [2.05, 4.69) is 58.9 Å². The van der Waals surface area contributed by atoms with Gasteiger partial charge in [-0.25, -0.2) is 0 Å². The van der Waals surface area contributed by atoms with Gasteiger partial charge in [0.2, 0.25) is 0 Å². The van der Waals surface area contributed by atoms with Crippen LogP contribution in [-0.4, -0.2) is 51.3 Å². The van der Waals surface area contributed by atoms with Gasteiger partial charge < -0.3 is 20.3 Å². The molecule has 1 aliphatic carbocycles. The lowest BCUT2D eigenvalue weighted by atomic mass is 9.98. The summed E-state index contributed by atoms with van der Waals surface area (Å²) in [6.45, 7) is 3.45. The second kappa shape index (κ2) is 14.2. The molecule has 27 heavy (non-hydrogen) atoms. The molecule has 1 aliphatic rings. The summed E-state index contributed by atoms with van der Waals surface area (Å²) in [5.74, 6) is 0.848. The maximum Gasteiger partial charge on any atom is 0.191 e. The molecule has 1 aromatic rings. The summed E-state index contributed by atoms with van der Waals surface area (Å²) in [5.41, 5.74) is 2.60. The summed E-state index contributed by atoms with van der Waals surface area (Å²) >= 11 is 0. The van der Waals surface area contributed by atoms with E-state index < -0.39 is 0 Å². The van der Waals surface area contributed by atoms with Crippen LogP contribution in [0.3, 0.4) is 0 Å². The largest absolute Gasteiger partial charge is 0.378 e. The van der Waals surface area contributed by atoms with Crippen LogP contribution in [0.2, 0.25) is 0 Å². The third-order valence-corrected chi connectivity index (χ3v) is 4.69. The number of aliphatic imine (C=N–C) groups is 1. The SMILES string of the molecule is CN=C(NCCCOC1CCCCC1)NCc1cccc(CN(C)C)c1.I. The molecule has 0 amide bonds. The Hall–Kier alpha value is -0.860. The summed E-state index contributed by atoms with van der Waals surface area (Å²) in [5, 5.41) is 6.77. The van der Waals surface area contributed by atoms with Crippen molar-refractivity contribution in [3.63, 3.8) is 0 Å². The zero-order valence-electron chi connectivity index (χ0n) is 17.2. The van der Waals surface area contributed by atoms with E-state index in [1.54, 1.807) is 0 Å². The Kier molecular flexibility index (Phi) is 12.7. The zero-order chi connectivity index (χ0) is 18.6. The fourth-order valence-electron chi connectivity index (χ4n) is 3.37. The molecule has 0 unspecified atom stereocenters. The minimum Gasteiger partial charge on any atom is -0.378 e. The average molecular weight is 488 g/mol. The quantitative estimate of drug-likeness (QED) is 0.241. The van der Waals surface area contributed by atoms with Gasteiger partial charge in [-0.15, -0.1) is 24.0 Å². The van der Waals surface area contributed by atoms with Crippen LogP contribution in [0.25, 0.3) is 0 Å². The second-order valence-electron chi connectivity index (χ2n) is 7.39. The smallest absolute Gasteiger partial charge is 0.191 e. The number of nitrogens with one attached hydrogen (secondary N) is 2. The van der Waals surface area contributed by atoms with Crippen molar-refractivity contribution in [2.24, 2.45) is 4.99 Å². The number of guanidine groups is 1. The van der Waals surface area contributed by atoms with Crippen molar-refractivity contribution in [2.75, 3.05) is 34.3 Å². The van der Waals surface area contributed by atoms with E-state index in [9.17, 15) is 0 Å². The molecule has 1 fully saturated rings. The van der Waals surface area contributed by atoms with E-state index >= 15 is 0 Å². The number of hydrogen-bond acceptors (Lipinski definition) is 3. The van der Waals surface area contributed by atoms with E-state index in [1.165, 1.54) is 43.2 Å². The number of ether oxygens (including phenoxy) is 1. The van der Waals surface area contributed by atoms with Gasteiger partial charge in [0.05, 0.1) is 6.10 Å². The highest BCUT2D eigenvalue weighted by molar-refractivity contribution is 14.0. The normalized spacial score (nSPS) is 15.5. The van der Waals surface area contributed by atoms with Gasteiger partial charge in [-0.2, -0.15) is 0 Å². The molecule has 2 rings (SSSR count). The average Bonchev–Trinajstić information content (AvgIpc) is 2.64. The molecule has 1 aromatic carbocycles. The molecule has 0 radical (unpaired) electrons. The van der Waals surface area contributed by atoms with Crippen LogP contribution in [0.1, 0.15) is 49.7 Å². The molecular weight excluding hydrogens is 451 g/mol. The van der Waals surface area contributed by atoms with Crippen LogP contribution in [0.4, 0.5) is 0 Å². The first-order chi connectivity index (χ1) is 12.7.